The van der Waals surface area contributed by atoms with E-state index >= 15 is 0 Å². The zero-order valence-electron chi connectivity index (χ0n) is 22.4. The van der Waals surface area contributed by atoms with Gasteiger partial charge in [0.25, 0.3) is 5.91 Å². The minimum atomic E-state index is -1.42. The second-order valence-electron chi connectivity index (χ2n) is 12.6. The summed E-state index contributed by atoms with van der Waals surface area (Å²) in [6.45, 7) is 10.1. The minimum Gasteiger partial charge on any atom is -0.380 e. The van der Waals surface area contributed by atoms with Gasteiger partial charge in [-0.3, -0.25) is 24.4 Å². The Balaban J connectivity index is 1.42. The van der Waals surface area contributed by atoms with E-state index in [4.69, 9.17) is 0 Å². The van der Waals surface area contributed by atoms with Gasteiger partial charge in [0.1, 0.15) is 23.7 Å². The first kappa shape index (κ1) is 26.0. The number of nitrogens with one attached hydrogen (secondary N) is 2. The van der Waals surface area contributed by atoms with E-state index in [1.54, 1.807) is 23.4 Å². The second-order valence-corrected chi connectivity index (χ2v) is 12.6. The molecule has 1 saturated heterocycles. The molecule has 0 radical (unpaired) electrons. The first-order valence-corrected chi connectivity index (χ1v) is 13.0. The van der Waals surface area contributed by atoms with E-state index in [1.165, 1.54) is 6.20 Å². The fourth-order valence-corrected chi connectivity index (χ4v) is 5.88. The van der Waals surface area contributed by atoms with Gasteiger partial charge < -0.3 is 20.6 Å². The summed E-state index contributed by atoms with van der Waals surface area (Å²) in [7, 11) is 0. The summed E-state index contributed by atoms with van der Waals surface area (Å²) in [6.07, 6.45) is 5.53. The van der Waals surface area contributed by atoms with Crippen LogP contribution in [-0.2, 0) is 14.4 Å². The Morgan fingerprint density at radius 2 is 1.92 bits per heavy atom. The fraction of sp³-hybridized carbons (Fsp3) is 0.571. The lowest BCUT2D eigenvalue weighted by Crippen LogP contribution is -2.60. The van der Waals surface area contributed by atoms with Crippen molar-refractivity contribution in [3.05, 3.63) is 36.3 Å². The van der Waals surface area contributed by atoms with E-state index in [-0.39, 0.29) is 23.2 Å². The number of carbonyl (C=O) groups excluding carboxylic acids is 3. The first-order chi connectivity index (χ1) is 17.8. The predicted molar refractivity (Wildman–Crippen MR) is 138 cm³/mol. The van der Waals surface area contributed by atoms with Crippen LogP contribution < -0.4 is 10.6 Å². The van der Waals surface area contributed by atoms with Crippen LogP contribution >= 0.6 is 0 Å². The SMILES string of the molecule is CC(C)(C)[C@H](NC(=O)C1(O)CC1)C(=O)N1C[C@H]2[C@@H]([C@H]1C(=O)NC(C#N)c1cncc3cccnc13)C2(C)C. The lowest BCUT2D eigenvalue weighted by molar-refractivity contribution is -0.147. The number of nitrogens with zero attached hydrogens (tertiary/aromatic N) is 4. The molecule has 3 N–H and O–H groups in total. The van der Waals surface area contributed by atoms with Crippen molar-refractivity contribution in [2.45, 2.75) is 71.2 Å². The van der Waals surface area contributed by atoms with Crippen molar-refractivity contribution in [3.63, 3.8) is 0 Å². The third-order valence-electron chi connectivity index (χ3n) is 8.56. The van der Waals surface area contributed by atoms with Crippen molar-refractivity contribution in [3.8, 4) is 6.07 Å². The van der Waals surface area contributed by atoms with Crippen molar-refractivity contribution in [2.24, 2.45) is 22.7 Å². The zero-order chi connectivity index (χ0) is 27.6. The maximum atomic E-state index is 13.9. The molecule has 3 fully saturated rings. The quantitative estimate of drug-likeness (QED) is 0.528. The second kappa shape index (κ2) is 8.73. The van der Waals surface area contributed by atoms with Crippen LogP contribution in [0.3, 0.4) is 0 Å². The zero-order valence-corrected chi connectivity index (χ0v) is 22.4. The number of likely N-dealkylation sites (tertiary alicyclic amines) is 1. The molecule has 3 heterocycles. The molecule has 3 amide bonds. The Hall–Kier alpha value is -3.58. The summed E-state index contributed by atoms with van der Waals surface area (Å²) in [6, 6.07) is 3.05. The van der Waals surface area contributed by atoms with E-state index in [2.05, 4.69) is 40.5 Å². The average molecular weight is 519 g/mol. The molecule has 0 aromatic carbocycles. The number of carbonyl (C=O) groups is 3. The van der Waals surface area contributed by atoms with Gasteiger partial charge in [-0.2, -0.15) is 5.26 Å². The van der Waals surface area contributed by atoms with E-state index in [9.17, 15) is 24.8 Å². The van der Waals surface area contributed by atoms with Crippen LogP contribution in [-0.4, -0.2) is 61.9 Å². The van der Waals surface area contributed by atoms with Crippen molar-refractivity contribution in [2.75, 3.05) is 6.54 Å². The molecule has 3 aliphatic rings. The third kappa shape index (κ3) is 4.29. The summed E-state index contributed by atoms with van der Waals surface area (Å²) in [5, 5.41) is 26.6. The monoisotopic (exact) mass is 518 g/mol. The Labute approximate surface area is 221 Å². The smallest absolute Gasteiger partial charge is 0.252 e. The fourth-order valence-electron chi connectivity index (χ4n) is 5.88. The molecule has 10 heteroatoms. The lowest BCUT2D eigenvalue weighted by atomic mass is 9.85. The molecular formula is C28H34N6O4. The molecule has 1 aliphatic heterocycles. The van der Waals surface area contributed by atoms with Crippen LogP contribution in [0.4, 0.5) is 0 Å². The van der Waals surface area contributed by atoms with Crippen molar-refractivity contribution >= 4 is 28.6 Å². The number of aliphatic hydroxyl groups is 1. The highest BCUT2D eigenvalue weighted by molar-refractivity contribution is 5.96. The average Bonchev–Trinajstić information content (AvgIpc) is 3.66. The largest absolute Gasteiger partial charge is 0.380 e. The van der Waals surface area contributed by atoms with E-state index < -0.39 is 41.0 Å². The highest BCUT2D eigenvalue weighted by Crippen LogP contribution is 2.65. The number of hydrogen-bond acceptors (Lipinski definition) is 7. The Morgan fingerprint density at radius 3 is 2.55 bits per heavy atom. The highest BCUT2D eigenvalue weighted by Gasteiger charge is 2.70. The Morgan fingerprint density at radius 1 is 1.21 bits per heavy atom. The van der Waals surface area contributed by atoms with Gasteiger partial charge in [-0.15, -0.1) is 0 Å². The van der Waals surface area contributed by atoms with Crippen molar-refractivity contribution < 1.29 is 19.5 Å². The van der Waals surface area contributed by atoms with Gasteiger partial charge in [0.2, 0.25) is 11.8 Å². The van der Waals surface area contributed by atoms with Crippen LogP contribution in [0.25, 0.3) is 10.9 Å². The lowest BCUT2D eigenvalue weighted by Gasteiger charge is -2.38. The molecule has 5 atom stereocenters. The number of fused-ring (bicyclic) bond motifs is 2. The Kier molecular flexibility index (Phi) is 5.99. The molecule has 2 aliphatic carbocycles. The summed E-state index contributed by atoms with van der Waals surface area (Å²) in [4.78, 5) is 50.6. The summed E-state index contributed by atoms with van der Waals surface area (Å²) in [5.41, 5.74) is -1.15. The summed E-state index contributed by atoms with van der Waals surface area (Å²) >= 11 is 0. The van der Waals surface area contributed by atoms with E-state index in [1.807, 2.05) is 26.8 Å². The number of aromatic nitrogens is 2. The molecule has 10 nitrogen and oxygen atoms in total. The number of pyridine rings is 2. The van der Waals surface area contributed by atoms with Crippen molar-refractivity contribution in [1.29, 1.82) is 5.26 Å². The van der Waals surface area contributed by atoms with Gasteiger partial charge in [-0.05, 0) is 47.6 Å². The molecule has 5 rings (SSSR count). The van der Waals surface area contributed by atoms with Gasteiger partial charge in [-0.1, -0.05) is 34.6 Å². The number of nitriles is 1. The minimum absolute atomic E-state index is 0.0708. The maximum Gasteiger partial charge on any atom is 0.252 e. The number of rotatable bonds is 6. The molecule has 2 saturated carbocycles. The number of piperidine rings is 1. The molecule has 200 valence electrons. The molecule has 2 aromatic rings. The van der Waals surface area contributed by atoms with Crippen LogP contribution in [0.2, 0.25) is 0 Å². The van der Waals surface area contributed by atoms with Gasteiger partial charge in [0.15, 0.2) is 0 Å². The van der Waals surface area contributed by atoms with Gasteiger partial charge in [-0.25, -0.2) is 0 Å². The van der Waals surface area contributed by atoms with E-state index in [0.717, 1.165) is 5.39 Å². The van der Waals surface area contributed by atoms with Crippen LogP contribution in [0.15, 0.2) is 30.7 Å². The highest BCUT2D eigenvalue weighted by atomic mass is 16.3. The molecule has 0 bridgehead atoms. The van der Waals surface area contributed by atoms with Gasteiger partial charge in [0, 0.05) is 36.1 Å². The predicted octanol–water partition coefficient (Wildman–Crippen LogP) is 1.85. The molecule has 38 heavy (non-hydrogen) atoms. The summed E-state index contributed by atoms with van der Waals surface area (Å²) < 4.78 is 0. The number of amides is 3. The van der Waals surface area contributed by atoms with Gasteiger partial charge >= 0.3 is 0 Å². The molecule has 1 unspecified atom stereocenters. The summed E-state index contributed by atoms with van der Waals surface area (Å²) in [5.74, 6) is -1.28. The third-order valence-corrected chi connectivity index (χ3v) is 8.56. The Bertz CT molecular complexity index is 1350. The van der Waals surface area contributed by atoms with Crippen LogP contribution in [0.1, 0.15) is 59.1 Å². The van der Waals surface area contributed by atoms with E-state index in [0.29, 0.717) is 30.5 Å². The molecule has 0 spiro atoms. The first-order valence-electron chi connectivity index (χ1n) is 13.0. The molecular weight excluding hydrogens is 484 g/mol. The van der Waals surface area contributed by atoms with Crippen LogP contribution in [0.5, 0.6) is 0 Å². The molecule has 2 aromatic heterocycles. The number of hydrogen-bond donors (Lipinski definition) is 3. The van der Waals surface area contributed by atoms with Crippen molar-refractivity contribution in [1.82, 2.24) is 25.5 Å². The topological polar surface area (TPSA) is 148 Å². The van der Waals surface area contributed by atoms with Gasteiger partial charge in [0.05, 0.1) is 11.6 Å². The van der Waals surface area contributed by atoms with Crippen LogP contribution in [0, 0.1) is 34.0 Å². The maximum absolute atomic E-state index is 13.9. The standard InChI is InChI=1S/C28H34N6O4/c1-26(2,3)22(33-25(37)28(38)8-9-28)24(36)34-14-17-19(27(17,4)5)21(34)23(35)32-18(11-29)16-13-30-12-15-7-6-10-31-20(15)16/h6-7,10,12-13,17-19,21-22,38H,8-9,14H2,1-5H3,(H,32,35)(H,33,37)/t17-,18?,19-,21-,22+/m0/s1. The normalized spacial score (nSPS) is 26.0.